The molecule has 2 nitrogen and oxygen atoms in total. The maximum Gasteiger partial charge on any atom is 0.333 e. The van der Waals surface area contributed by atoms with Crippen LogP contribution in [-0.4, -0.2) is 18.8 Å². The van der Waals surface area contributed by atoms with Crippen LogP contribution in [0.2, 0.25) is 0 Å². The molecule has 1 aromatic rings. The Morgan fingerprint density at radius 2 is 2.00 bits per heavy atom. The number of aryl methyl sites for hydroxylation is 1. The van der Waals surface area contributed by atoms with Gasteiger partial charge < -0.3 is 4.74 Å². The molecule has 0 saturated carbocycles. The monoisotopic (exact) mass is 222 g/mol. The molecule has 0 saturated heterocycles. The van der Waals surface area contributed by atoms with Crippen molar-refractivity contribution >= 4 is 17.7 Å². The summed E-state index contributed by atoms with van der Waals surface area (Å²) < 4.78 is 4.57. The number of methoxy groups -OCH3 is 1. The fourth-order valence-electron chi connectivity index (χ4n) is 1.01. The Balaban J connectivity index is 2.47. The fourth-order valence-corrected chi connectivity index (χ4v) is 1.80. The third-order valence-electron chi connectivity index (χ3n) is 1.91. The van der Waals surface area contributed by atoms with E-state index in [0.717, 1.165) is 4.90 Å². The largest absolute Gasteiger partial charge is 0.466 e. The van der Waals surface area contributed by atoms with E-state index in [-0.39, 0.29) is 5.97 Å². The first-order valence-electron chi connectivity index (χ1n) is 4.59. The van der Waals surface area contributed by atoms with Gasteiger partial charge in [0.2, 0.25) is 0 Å². The summed E-state index contributed by atoms with van der Waals surface area (Å²) in [6.45, 7) is 5.71. The van der Waals surface area contributed by atoms with E-state index >= 15 is 0 Å². The van der Waals surface area contributed by atoms with Crippen molar-refractivity contribution < 1.29 is 9.53 Å². The summed E-state index contributed by atoms with van der Waals surface area (Å²) >= 11 is 1.58. The van der Waals surface area contributed by atoms with Gasteiger partial charge in [-0.05, 0) is 19.1 Å². The van der Waals surface area contributed by atoms with E-state index in [2.05, 4.69) is 11.3 Å². The zero-order chi connectivity index (χ0) is 11.3. The number of benzene rings is 1. The zero-order valence-corrected chi connectivity index (χ0v) is 9.76. The van der Waals surface area contributed by atoms with Gasteiger partial charge in [-0.15, -0.1) is 11.8 Å². The third kappa shape index (κ3) is 3.80. The molecule has 15 heavy (non-hydrogen) atoms. The van der Waals surface area contributed by atoms with Crippen molar-refractivity contribution in [3.63, 3.8) is 0 Å². The number of carbonyl (C=O) groups excluding carboxylic acids is 1. The lowest BCUT2D eigenvalue weighted by Gasteiger charge is -2.03. The van der Waals surface area contributed by atoms with Gasteiger partial charge >= 0.3 is 5.97 Å². The van der Waals surface area contributed by atoms with Crippen LogP contribution in [0.4, 0.5) is 0 Å². The van der Waals surface area contributed by atoms with Crippen LogP contribution >= 0.6 is 11.8 Å². The van der Waals surface area contributed by atoms with E-state index in [1.165, 1.54) is 12.7 Å². The smallest absolute Gasteiger partial charge is 0.333 e. The van der Waals surface area contributed by atoms with Crippen LogP contribution in [0.5, 0.6) is 0 Å². The van der Waals surface area contributed by atoms with Crippen molar-refractivity contribution in [3.05, 3.63) is 42.0 Å². The molecule has 1 aromatic carbocycles. The predicted octanol–water partition coefficient (Wildman–Crippen LogP) is 2.82. The number of ether oxygens (including phenoxy) is 1. The SMILES string of the molecule is C=C(CSc1ccc(C)cc1)C(=O)OC. The number of thioether (sulfide) groups is 1. The summed E-state index contributed by atoms with van der Waals surface area (Å²) in [5.41, 5.74) is 1.72. The first-order chi connectivity index (χ1) is 7.13. The van der Waals surface area contributed by atoms with Gasteiger partial charge in [0, 0.05) is 16.2 Å². The van der Waals surface area contributed by atoms with E-state index in [1.54, 1.807) is 11.8 Å². The molecule has 0 amide bonds. The molecule has 1 rings (SSSR count). The number of hydrogen-bond acceptors (Lipinski definition) is 3. The molecule has 0 bridgehead atoms. The van der Waals surface area contributed by atoms with Crippen molar-refractivity contribution in [1.29, 1.82) is 0 Å². The minimum absolute atomic E-state index is 0.338. The summed E-state index contributed by atoms with van der Waals surface area (Å²) in [7, 11) is 1.37. The molecule has 0 aliphatic heterocycles. The van der Waals surface area contributed by atoms with Crippen LogP contribution < -0.4 is 0 Å². The normalized spacial score (nSPS) is 9.73. The molecule has 0 unspecified atom stereocenters. The molecule has 0 spiro atoms. The van der Waals surface area contributed by atoms with Gasteiger partial charge in [-0.3, -0.25) is 0 Å². The van der Waals surface area contributed by atoms with Crippen LogP contribution in [0.3, 0.4) is 0 Å². The van der Waals surface area contributed by atoms with Crippen molar-refractivity contribution in [2.75, 3.05) is 12.9 Å². The van der Waals surface area contributed by atoms with Gasteiger partial charge in [-0.25, -0.2) is 4.79 Å². The Morgan fingerprint density at radius 3 is 2.53 bits per heavy atom. The van der Waals surface area contributed by atoms with Crippen molar-refractivity contribution in [1.82, 2.24) is 0 Å². The summed E-state index contributed by atoms with van der Waals surface area (Å²) in [5.74, 6) is 0.227. The lowest BCUT2D eigenvalue weighted by atomic mass is 10.2. The lowest BCUT2D eigenvalue weighted by molar-refractivity contribution is -0.135. The number of esters is 1. The second kappa shape index (κ2) is 5.61. The van der Waals surface area contributed by atoms with Gasteiger partial charge in [-0.2, -0.15) is 0 Å². The summed E-state index contributed by atoms with van der Waals surface area (Å²) in [5, 5.41) is 0. The molecule has 0 fully saturated rings. The van der Waals surface area contributed by atoms with Crippen LogP contribution in [0.1, 0.15) is 5.56 Å². The van der Waals surface area contributed by atoms with Gasteiger partial charge in [-0.1, -0.05) is 24.3 Å². The van der Waals surface area contributed by atoms with Gasteiger partial charge in [0.05, 0.1) is 7.11 Å². The molecular formula is C12H14O2S. The quantitative estimate of drug-likeness (QED) is 0.445. The Morgan fingerprint density at radius 1 is 1.40 bits per heavy atom. The van der Waals surface area contributed by atoms with Gasteiger partial charge in [0.15, 0.2) is 0 Å². The van der Waals surface area contributed by atoms with E-state index < -0.39 is 0 Å². The third-order valence-corrected chi connectivity index (χ3v) is 3.01. The average molecular weight is 222 g/mol. The average Bonchev–Trinajstić information content (AvgIpc) is 2.26. The first kappa shape index (κ1) is 11.9. The Kier molecular flexibility index (Phi) is 4.43. The van der Waals surface area contributed by atoms with Gasteiger partial charge in [0.25, 0.3) is 0 Å². The summed E-state index contributed by atoms with van der Waals surface area (Å²) in [6.07, 6.45) is 0. The van der Waals surface area contributed by atoms with Gasteiger partial charge in [0.1, 0.15) is 0 Å². The Hall–Kier alpha value is -1.22. The van der Waals surface area contributed by atoms with Crippen LogP contribution in [0, 0.1) is 6.92 Å². The van der Waals surface area contributed by atoms with Crippen molar-refractivity contribution in [2.45, 2.75) is 11.8 Å². The predicted molar refractivity (Wildman–Crippen MR) is 63.1 cm³/mol. The molecule has 0 aliphatic rings. The van der Waals surface area contributed by atoms with E-state index in [0.29, 0.717) is 11.3 Å². The second-order valence-corrected chi connectivity index (χ2v) is 4.25. The lowest BCUT2D eigenvalue weighted by Crippen LogP contribution is -2.05. The molecule has 0 aromatic heterocycles. The molecule has 0 aliphatic carbocycles. The van der Waals surface area contributed by atoms with Crippen LogP contribution in [0.15, 0.2) is 41.3 Å². The summed E-state index contributed by atoms with van der Waals surface area (Å²) in [6, 6.07) is 8.15. The molecule has 0 atom stereocenters. The van der Waals surface area contributed by atoms with Crippen LogP contribution in [-0.2, 0) is 9.53 Å². The van der Waals surface area contributed by atoms with Crippen molar-refractivity contribution in [3.8, 4) is 0 Å². The van der Waals surface area contributed by atoms with Crippen LogP contribution in [0.25, 0.3) is 0 Å². The highest BCUT2D eigenvalue weighted by molar-refractivity contribution is 7.99. The molecular weight excluding hydrogens is 208 g/mol. The second-order valence-electron chi connectivity index (χ2n) is 3.20. The molecule has 0 heterocycles. The Labute approximate surface area is 94.3 Å². The zero-order valence-electron chi connectivity index (χ0n) is 8.95. The first-order valence-corrected chi connectivity index (χ1v) is 5.57. The van der Waals surface area contributed by atoms with E-state index in [1.807, 2.05) is 31.2 Å². The topological polar surface area (TPSA) is 26.3 Å². The highest BCUT2D eigenvalue weighted by atomic mass is 32.2. The van der Waals surface area contributed by atoms with E-state index in [9.17, 15) is 4.79 Å². The number of hydrogen-bond donors (Lipinski definition) is 0. The Bertz CT molecular complexity index is 354. The highest BCUT2D eigenvalue weighted by Crippen LogP contribution is 2.20. The molecule has 0 N–H and O–H groups in total. The minimum atomic E-state index is -0.338. The maximum atomic E-state index is 11.1. The molecule has 0 radical (unpaired) electrons. The fraction of sp³-hybridized carbons (Fsp3) is 0.250. The maximum absolute atomic E-state index is 11.1. The van der Waals surface area contributed by atoms with Crippen molar-refractivity contribution in [2.24, 2.45) is 0 Å². The highest BCUT2D eigenvalue weighted by Gasteiger charge is 2.06. The summed E-state index contributed by atoms with van der Waals surface area (Å²) in [4.78, 5) is 12.2. The number of carbonyl (C=O) groups is 1. The molecule has 80 valence electrons. The standard InChI is InChI=1S/C12H14O2S/c1-9-4-6-11(7-5-9)15-8-10(2)12(13)14-3/h4-7H,2,8H2,1,3H3. The number of rotatable bonds is 4. The molecule has 3 heteroatoms. The van der Waals surface area contributed by atoms with E-state index in [4.69, 9.17) is 0 Å². The minimum Gasteiger partial charge on any atom is -0.466 e.